The molecule has 10 heteroatoms. The zero-order valence-corrected chi connectivity index (χ0v) is 19.1. The van der Waals surface area contributed by atoms with Crippen molar-refractivity contribution in [2.45, 2.75) is 57.8 Å². The molecule has 4 amide bonds. The van der Waals surface area contributed by atoms with Crippen LogP contribution in [0.5, 0.6) is 5.75 Å². The van der Waals surface area contributed by atoms with Crippen LogP contribution < -0.4 is 15.0 Å². The SMILES string of the molecule is CC(C)(C)OC(=O)N1CCN2c3cc4c(cc3OC[C@@H]2C1)C(=O)N(C1CCC(=O)NC1=O)C4. The van der Waals surface area contributed by atoms with Gasteiger partial charge in [-0.2, -0.15) is 0 Å². The number of piperidine rings is 1. The number of benzene rings is 1. The molecule has 5 rings (SSSR count). The topological polar surface area (TPSA) is 108 Å². The molecule has 1 unspecified atom stereocenters. The van der Waals surface area contributed by atoms with E-state index in [2.05, 4.69) is 10.2 Å². The lowest BCUT2D eigenvalue weighted by Gasteiger charge is -2.45. The number of amides is 4. The lowest BCUT2D eigenvalue weighted by molar-refractivity contribution is -0.136. The van der Waals surface area contributed by atoms with E-state index >= 15 is 0 Å². The van der Waals surface area contributed by atoms with Gasteiger partial charge in [0.05, 0.1) is 11.7 Å². The molecule has 0 bridgehead atoms. The molecule has 4 aliphatic rings. The standard InChI is InChI=1S/C23H28N4O6/c1-23(2,3)33-22(31)25-6-7-26-14(11-25)12-32-18-9-15-13(8-17(18)26)10-27(21(15)30)16-4-5-19(28)24-20(16)29/h8-9,14,16H,4-7,10-12H2,1-3H3,(H,24,28,29)/t14-,16?/m0/s1. The molecule has 176 valence electrons. The molecule has 4 aliphatic heterocycles. The summed E-state index contributed by atoms with van der Waals surface area (Å²) < 4.78 is 11.5. The Morgan fingerprint density at radius 3 is 2.67 bits per heavy atom. The second-order valence-electron chi connectivity index (χ2n) is 9.96. The lowest BCUT2D eigenvalue weighted by atomic mass is 10.0. The maximum Gasteiger partial charge on any atom is 0.410 e. The highest BCUT2D eigenvalue weighted by molar-refractivity contribution is 6.05. The number of carbonyl (C=O) groups is 4. The second-order valence-corrected chi connectivity index (χ2v) is 9.96. The van der Waals surface area contributed by atoms with E-state index in [9.17, 15) is 19.2 Å². The number of fused-ring (bicyclic) bond motifs is 4. The molecule has 1 aromatic rings. The molecule has 0 saturated carbocycles. The van der Waals surface area contributed by atoms with Gasteiger partial charge in [-0.15, -0.1) is 0 Å². The second kappa shape index (κ2) is 7.64. The van der Waals surface area contributed by atoms with Gasteiger partial charge >= 0.3 is 6.09 Å². The molecule has 1 aromatic carbocycles. The van der Waals surface area contributed by atoms with Crippen molar-refractivity contribution in [2.24, 2.45) is 0 Å². The predicted molar refractivity (Wildman–Crippen MR) is 117 cm³/mol. The number of piperazine rings is 1. The minimum atomic E-state index is -0.648. The van der Waals surface area contributed by atoms with Gasteiger partial charge in [0.25, 0.3) is 5.91 Å². The zero-order valence-electron chi connectivity index (χ0n) is 19.1. The minimum Gasteiger partial charge on any atom is -0.489 e. The van der Waals surface area contributed by atoms with E-state index in [4.69, 9.17) is 9.47 Å². The van der Waals surface area contributed by atoms with Gasteiger partial charge in [0, 0.05) is 38.2 Å². The average Bonchev–Trinajstić information content (AvgIpc) is 3.06. The molecule has 10 nitrogen and oxygen atoms in total. The number of nitrogens with zero attached hydrogens (tertiary/aromatic N) is 3. The third-order valence-corrected chi connectivity index (χ3v) is 6.48. The molecule has 0 radical (unpaired) electrons. The first kappa shape index (κ1) is 21.5. The van der Waals surface area contributed by atoms with E-state index in [1.165, 1.54) is 4.90 Å². The first-order chi connectivity index (χ1) is 15.6. The molecule has 2 fully saturated rings. The van der Waals surface area contributed by atoms with Crippen LogP contribution in [-0.2, 0) is 20.9 Å². The number of ether oxygens (including phenoxy) is 2. The Bertz CT molecular complexity index is 1050. The van der Waals surface area contributed by atoms with Crippen molar-refractivity contribution in [3.63, 3.8) is 0 Å². The van der Waals surface area contributed by atoms with Crippen LogP contribution in [0.3, 0.4) is 0 Å². The van der Waals surface area contributed by atoms with Gasteiger partial charge in [-0.25, -0.2) is 4.79 Å². The van der Waals surface area contributed by atoms with Crippen LogP contribution in [0.15, 0.2) is 12.1 Å². The van der Waals surface area contributed by atoms with E-state index in [-0.39, 0.29) is 30.4 Å². The Labute approximate surface area is 191 Å². The van der Waals surface area contributed by atoms with Crippen LogP contribution in [-0.4, -0.2) is 77.5 Å². The van der Waals surface area contributed by atoms with Crippen molar-refractivity contribution >= 4 is 29.5 Å². The first-order valence-corrected chi connectivity index (χ1v) is 11.3. The maximum atomic E-state index is 13.1. The van der Waals surface area contributed by atoms with Crippen LogP contribution in [0.25, 0.3) is 0 Å². The summed E-state index contributed by atoms with van der Waals surface area (Å²) in [6.07, 6.45) is 0.224. The quantitative estimate of drug-likeness (QED) is 0.634. The highest BCUT2D eigenvalue weighted by Crippen LogP contribution is 2.41. The summed E-state index contributed by atoms with van der Waals surface area (Å²) in [6, 6.07) is 3.06. The highest BCUT2D eigenvalue weighted by Gasteiger charge is 2.42. The fourth-order valence-corrected chi connectivity index (χ4v) is 4.92. The van der Waals surface area contributed by atoms with Crippen molar-refractivity contribution < 1.29 is 28.7 Å². The van der Waals surface area contributed by atoms with E-state index in [1.54, 1.807) is 11.0 Å². The summed E-state index contributed by atoms with van der Waals surface area (Å²) in [4.78, 5) is 54.8. The Morgan fingerprint density at radius 2 is 1.94 bits per heavy atom. The molecule has 2 atom stereocenters. The predicted octanol–water partition coefficient (Wildman–Crippen LogP) is 1.27. The molecular formula is C23H28N4O6. The summed E-state index contributed by atoms with van der Waals surface area (Å²) in [6.45, 7) is 7.91. The summed E-state index contributed by atoms with van der Waals surface area (Å²) in [5.74, 6) is -0.315. The van der Waals surface area contributed by atoms with Gasteiger partial charge in [-0.3, -0.25) is 19.7 Å². The fourth-order valence-electron chi connectivity index (χ4n) is 4.92. The van der Waals surface area contributed by atoms with Crippen LogP contribution in [0.1, 0.15) is 49.5 Å². The number of hydrogen-bond donors (Lipinski definition) is 1. The summed E-state index contributed by atoms with van der Waals surface area (Å²) in [5.41, 5.74) is 1.71. The Hall–Kier alpha value is -3.30. The van der Waals surface area contributed by atoms with Crippen molar-refractivity contribution in [3.8, 4) is 5.75 Å². The molecule has 0 aromatic heterocycles. The third-order valence-electron chi connectivity index (χ3n) is 6.48. The summed E-state index contributed by atoms with van der Waals surface area (Å²) in [7, 11) is 0. The molecule has 1 N–H and O–H groups in total. The number of imide groups is 1. The number of nitrogens with one attached hydrogen (secondary N) is 1. The first-order valence-electron chi connectivity index (χ1n) is 11.3. The van der Waals surface area contributed by atoms with E-state index in [1.807, 2.05) is 26.8 Å². The molecule has 0 spiro atoms. The van der Waals surface area contributed by atoms with Crippen LogP contribution in [0.4, 0.5) is 10.5 Å². The van der Waals surface area contributed by atoms with Crippen molar-refractivity contribution in [3.05, 3.63) is 23.3 Å². The highest BCUT2D eigenvalue weighted by atomic mass is 16.6. The summed E-state index contributed by atoms with van der Waals surface area (Å²) >= 11 is 0. The summed E-state index contributed by atoms with van der Waals surface area (Å²) in [5, 5.41) is 2.33. The maximum absolute atomic E-state index is 13.1. The van der Waals surface area contributed by atoms with Crippen LogP contribution >= 0.6 is 0 Å². The van der Waals surface area contributed by atoms with Gasteiger partial charge in [0.1, 0.15) is 24.0 Å². The normalized spacial score (nSPS) is 24.6. The molecule has 2 saturated heterocycles. The van der Waals surface area contributed by atoms with Gasteiger partial charge < -0.3 is 24.2 Å². The molecular weight excluding hydrogens is 428 g/mol. The van der Waals surface area contributed by atoms with Crippen LogP contribution in [0.2, 0.25) is 0 Å². The van der Waals surface area contributed by atoms with Crippen LogP contribution in [0, 0.1) is 0 Å². The van der Waals surface area contributed by atoms with Gasteiger partial charge in [0.15, 0.2) is 0 Å². The van der Waals surface area contributed by atoms with E-state index < -0.39 is 17.6 Å². The smallest absolute Gasteiger partial charge is 0.410 e. The van der Waals surface area contributed by atoms with E-state index in [0.29, 0.717) is 50.5 Å². The molecule has 4 heterocycles. The monoisotopic (exact) mass is 456 g/mol. The molecule has 0 aliphatic carbocycles. The fraction of sp³-hybridized carbons (Fsp3) is 0.565. The number of anilines is 1. The van der Waals surface area contributed by atoms with Crippen molar-refractivity contribution in [2.75, 3.05) is 31.1 Å². The Balaban J connectivity index is 1.34. The van der Waals surface area contributed by atoms with Gasteiger partial charge in [-0.05, 0) is 44.9 Å². The lowest BCUT2D eigenvalue weighted by Crippen LogP contribution is -2.59. The number of rotatable bonds is 1. The van der Waals surface area contributed by atoms with Gasteiger partial charge in [-0.1, -0.05) is 0 Å². The van der Waals surface area contributed by atoms with Crippen molar-refractivity contribution in [1.29, 1.82) is 0 Å². The largest absolute Gasteiger partial charge is 0.489 e. The Kier molecular flexibility index (Phi) is 4.98. The number of hydrogen-bond acceptors (Lipinski definition) is 7. The zero-order chi connectivity index (χ0) is 23.5. The average molecular weight is 456 g/mol. The Morgan fingerprint density at radius 1 is 1.15 bits per heavy atom. The van der Waals surface area contributed by atoms with Crippen molar-refractivity contribution in [1.82, 2.24) is 15.1 Å². The molecule has 33 heavy (non-hydrogen) atoms. The van der Waals surface area contributed by atoms with E-state index in [0.717, 1.165) is 11.3 Å². The van der Waals surface area contributed by atoms with Gasteiger partial charge in [0.2, 0.25) is 11.8 Å². The number of carbonyl (C=O) groups excluding carboxylic acids is 4. The minimum absolute atomic E-state index is 0.0137. The third kappa shape index (κ3) is 3.87.